The van der Waals surface area contributed by atoms with E-state index in [1.807, 2.05) is 45.0 Å². The zero-order chi connectivity index (χ0) is 26.0. The highest BCUT2D eigenvalue weighted by Gasteiger charge is 2.46. The highest BCUT2D eigenvalue weighted by atomic mass is 35.5. The fraction of sp³-hybridized carbons (Fsp3) is 0.414. The van der Waals surface area contributed by atoms with Gasteiger partial charge in [-0.25, -0.2) is 4.79 Å². The molecule has 1 aliphatic carbocycles. The predicted molar refractivity (Wildman–Crippen MR) is 140 cm³/mol. The van der Waals surface area contributed by atoms with Crippen LogP contribution in [-0.4, -0.2) is 35.8 Å². The van der Waals surface area contributed by atoms with E-state index < -0.39 is 17.8 Å². The summed E-state index contributed by atoms with van der Waals surface area (Å²) in [5, 5.41) is 10.9. The van der Waals surface area contributed by atoms with Gasteiger partial charge in [-0.05, 0) is 67.5 Å². The quantitative estimate of drug-likeness (QED) is 0.448. The van der Waals surface area contributed by atoms with E-state index >= 15 is 0 Å². The molecule has 7 heteroatoms. The second-order valence-electron chi connectivity index (χ2n) is 9.83. The van der Waals surface area contributed by atoms with Crippen molar-refractivity contribution in [2.75, 3.05) is 13.2 Å². The van der Waals surface area contributed by atoms with Crippen molar-refractivity contribution in [2.45, 2.75) is 52.4 Å². The number of halogens is 1. The Labute approximate surface area is 217 Å². The van der Waals surface area contributed by atoms with Crippen molar-refractivity contribution in [3.05, 3.63) is 69.9 Å². The van der Waals surface area contributed by atoms with E-state index in [0.29, 0.717) is 47.1 Å². The highest BCUT2D eigenvalue weighted by molar-refractivity contribution is 6.30. The molecule has 1 heterocycles. The van der Waals surface area contributed by atoms with Gasteiger partial charge in [0.25, 0.3) is 0 Å². The van der Waals surface area contributed by atoms with Crippen molar-refractivity contribution in [3.8, 4) is 11.5 Å². The maximum absolute atomic E-state index is 13.7. The van der Waals surface area contributed by atoms with Crippen LogP contribution >= 0.6 is 11.6 Å². The van der Waals surface area contributed by atoms with Crippen LogP contribution in [0.4, 0.5) is 0 Å². The Morgan fingerprint density at radius 1 is 1.11 bits per heavy atom. The van der Waals surface area contributed by atoms with Crippen molar-refractivity contribution < 1.29 is 24.2 Å². The molecule has 2 aromatic carbocycles. The molecule has 0 spiro atoms. The molecule has 1 fully saturated rings. The number of allylic oxidation sites excluding steroid dienone is 1. The second kappa shape index (κ2) is 10.9. The molecule has 1 aliphatic heterocycles. The lowest BCUT2D eigenvalue weighted by Crippen LogP contribution is -2.41. The van der Waals surface area contributed by atoms with Crippen molar-refractivity contribution >= 4 is 29.1 Å². The van der Waals surface area contributed by atoms with E-state index in [9.17, 15) is 14.7 Å². The summed E-state index contributed by atoms with van der Waals surface area (Å²) in [5.74, 6) is -1.11. The van der Waals surface area contributed by atoms with Crippen LogP contribution in [0.1, 0.15) is 63.5 Å². The molecule has 190 valence electrons. The minimum absolute atomic E-state index is 0.00714. The summed E-state index contributed by atoms with van der Waals surface area (Å²) < 4.78 is 11.2. The summed E-state index contributed by atoms with van der Waals surface area (Å²) >= 11 is 6.06. The number of esters is 1. The van der Waals surface area contributed by atoms with Crippen molar-refractivity contribution in [1.82, 2.24) is 0 Å². The Morgan fingerprint density at radius 2 is 1.81 bits per heavy atom. The van der Waals surface area contributed by atoms with Crippen molar-refractivity contribution in [1.29, 1.82) is 0 Å². The van der Waals surface area contributed by atoms with Crippen LogP contribution in [0.3, 0.4) is 0 Å². The van der Waals surface area contributed by atoms with E-state index in [-0.39, 0.29) is 30.0 Å². The van der Waals surface area contributed by atoms with Gasteiger partial charge in [0.15, 0.2) is 11.5 Å². The van der Waals surface area contributed by atoms with Gasteiger partial charge < -0.3 is 14.6 Å². The third-order valence-corrected chi connectivity index (χ3v) is 6.96. The molecule has 1 saturated carbocycles. The van der Waals surface area contributed by atoms with Gasteiger partial charge in [0, 0.05) is 28.8 Å². The summed E-state index contributed by atoms with van der Waals surface area (Å²) in [7, 11) is 0. The van der Waals surface area contributed by atoms with Crippen LogP contribution in [0, 0.1) is 11.8 Å². The van der Waals surface area contributed by atoms with Crippen LogP contribution in [0.2, 0.25) is 5.02 Å². The lowest BCUT2D eigenvalue weighted by Gasteiger charge is -2.38. The van der Waals surface area contributed by atoms with Crippen LogP contribution in [0.5, 0.6) is 11.5 Å². The lowest BCUT2D eigenvalue weighted by molar-refractivity contribution is -0.140. The first-order chi connectivity index (χ1) is 17.2. The smallest absolute Gasteiger partial charge is 0.336 e. The summed E-state index contributed by atoms with van der Waals surface area (Å²) in [6.45, 7) is 8.21. The summed E-state index contributed by atoms with van der Waals surface area (Å²) in [6, 6.07) is 12.6. The average Bonchev–Trinajstić information content (AvgIpc) is 2.83. The first kappa shape index (κ1) is 26.0. The number of carbonyl (C=O) groups excluding carboxylic acids is 2. The molecule has 4 rings (SSSR count). The maximum Gasteiger partial charge on any atom is 0.336 e. The third-order valence-electron chi connectivity index (χ3n) is 6.71. The molecule has 1 N–H and O–H groups in total. The number of aromatic hydroxyl groups is 1. The number of fused-ring (bicyclic) bond motifs is 1. The van der Waals surface area contributed by atoms with Gasteiger partial charge in [-0.3, -0.25) is 9.79 Å². The van der Waals surface area contributed by atoms with Crippen LogP contribution in [0.25, 0.3) is 0 Å². The topological polar surface area (TPSA) is 85.2 Å². The van der Waals surface area contributed by atoms with E-state index in [1.54, 1.807) is 25.1 Å². The van der Waals surface area contributed by atoms with Crippen molar-refractivity contribution in [3.63, 3.8) is 0 Å². The molecule has 3 atom stereocenters. The molecule has 6 nitrogen and oxygen atoms in total. The zero-order valence-electron chi connectivity index (χ0n) is 21.1. The fourth-order valence-electron chi connectivity index (χ4n) is 5.09. The van der Waals surface area contributed by atoms with Gasteiger partial charge in [0.1, 0.15) is 5.78 Å². The Kier molecular flexibility index (Phi) is 7.84. The number of ether oxygens (including phenoxy) is 2. The van der Waals surface area contributed by atoms with Crippen LogP contribution < -0.4 is 4.74 Å². The van der Waals surface area contributed by atoms with E-state index in [2.05, 4.69) is 0 Å². The number of phenolic OH excluding ortho intramolecular Hbond substituents is 1. The number of ketones is 1. The van der Waals surface area contributed by atoms with Gasteiger partial charge in [0.2, 0.25) is 0 Å². The molecule has 0 saturated heterocycles. The number of rotatable bonds is 7. The minimum atomic E-state index is -0.585. The number of Topliss-reactive ketones (excluding diaryl/α,β-unsaturated/α-hetero) is 1. The molecule has 2 aromatic rings. The number of hydrogen-bond acceptors (Lipinski definition) is 6. The molecule has 0 aromatic heterocycles. The molecular formula is C29H32ClNO5. The lowest BCUT2D eigenvalue weighted by atomic mass is 9.66. The number of carbonyl (C=O) groups is 2. The molecule has 0 radical (unpaired) electrons. The molecule has 36 heavy (non-hydrogen) atoms. The number of aliphatic imine (C=N–C) groups is 1. The minimum Gasteiger partial charge on any atom is -0.504 e. The summed E-state index contributed by atoms with van der Waals surface area (Å²) in [5.41, 5.74) is 3.45. The van der Waals surface area contributed by atoms with Gasteiger partial charge in [-0.1, -0.05) is 43.6 Å². The number of hydrogen-bond donors (Lipinski definition) is 1. The SMILES string of the molecule is CCOc1cc([C@H]2C(C(=O)OCC(C)C)=C(C)N=C3C[C@@H](c4ccc(Cl)cc4)CC(=O)C32)ccc1O. The molecule has 0 amide bonds. The Morgan fingerprint density at radius 3 is 2.47 bits per heavy atom. The van der Waals surface area contributed by atoms with Gasteiger partial charge >= 0.3 is 5.97 Å². The second-order valence-corrected chi connectivity index (χ2v) is 10.3. The Balaban J connectivity index is 1.78. The maximum atomic E-state index is 13.7. The molecule has 2 aliphatic rings. The van der Waals surface area contributed by atoms with E-state index in [4.69, 9.17) is 26.1 Å². The number of phenols is 1. The Bertz CT molecular complexity index is 1210. The summed E-state index contributed by atoms with van der Waals surface area (Å²) in [4.78, 5) is 31.8. The van der Waals surface area contributed by atoms with Crippen molar-refractivity contribution in [2.24, 2.45) is 16.8 Å². The average molecular weight is 510 g/mol. The number of nitrogens with zero attached hydrogens (tertiary/aromatic N) is 1. The molecule has 1 unspecified atom stereocenters. The third kappa shape index (κ3) is 5.34. The first-order valence-corrected chi connectivity index (χ1v) is 12.8. The predicted octanol–water partition coefficient (Wildman–Crippen LogP) is 6.22. The molecule has 0 bridgehead atoms. The van der Waals surface area contributed by atoms with E-state index in [1.165, 1.54) is 0 Å². The Hall–Kier alpha value is -3.12. The van der Waals surface area contributed by atoms with E-state index in [0.717, 1.165) is 11.3 Å². The molecular weight excluding hydrogens is 478 g/mol. The fourth-order valence-corrected chi connectivity index (χ4v) is 5.21. The first-order valence-electron chi connectivity index (χ1n) is 12.4. The zero-order valence-corrected chi connectivity index (χ0v) is 21.8. The normalized spacial score (nSPS) is 21.8. The van der Waals surface area contributed by atoms with Crippen LogP contribution in [-0.2, 0) is 14.3 Å². The largest absolute Gasteiger partial charge is 0.504 e. The van der Waals surface area contributed by atoms with Gasteiger partial charge in [-0.15, -0.1) is 0 Å². The standard InChI is InChI=1S/C29H32ClNO5/c1-5-35-25-14-19(8-11-23(25)32)27-26(29(34)36-15-16(2)3)17(4)31-22-12-20(13-24(33)28(22)27)18-6-9-21(30)10-7-18/h6-11,14,16,20,27-28,32H,5,12-13,15H2,1-4H3/t20-,27+,28?/m1/s1. The number of benzene rings is 2. The van der Waals surface area contributed by atoms with Crippen LogP contribution in [0.15, 0.2) is 58.7 Å². The highest BCUT2D eigenvalue weighted by Crippen LogP contribution is 2.47. The summed E-state index contributed by atoms with van der Waals surface area (Å²) in [6.07, 6.45) is 0.947. The van der Waals surface area contributed by atoms with Gasteiger partial charge in [-0.2, -0.15) is 0 Å². The monoisotopic (exact) mass is 509 g/mol. The van der Waals surface area contributed by atoms with Gasteiger partial charge in [0.05, 0.1) is 24.7 Å².